The average Bonchev–Trinajstić information content (AvgIpc) is 2.27. The van der Waals surface area contributed by atoms with Gasteiger partial charge in [-0.15, -0.1) is 0 Å². The predicted molar refractivity (Wildman–Crippen MR) is 55.2 cm³/mol. The highest BCUT2D eigenvalue weighted by atomic mass is 19.3. The van der Waals surface area contributed by atoms with Crippen LogP contribution in [0, 0.1) is 0 Å². The number of ether oxygens (including phenoxy) is 1. The van der Waals surface area contributed by atoms with Gasteiger partial charge in [0.05, 0.1) is 0 Å². The number of carboxylic acids is 1. The second-order valence-corrected chi connectivity index (χ2v) is 3.86. The van der Waals surface area contributed by atoms with Gasteiger partial charge in [0.1, 0.15) is 5.75 Å². The van der Waals surface area contributed by atoms with E-state index < -0.39 is 35.4 Å². The monoisotopic (exact) mass is 282 g/mol. The summed E-state index contributed by atoms with van der Waals surface area (Å²) < 4.78 is 54.7. The molecule has 19 heavy (non-hydrogen) atoms. The molecule has 0 bridgehead atoms. The van der Waals surface area contributed by atoms with Crippen molar-refractivity contribution in [2.24, 2.45) is 0 Å². The molecule has 0 fully saturated rings. The minimum absolute atomic E-state index is 0.464. The summed E-state index contributed by atoms with van der Waals surface area (Å²) in [7, 11) is 0. The van der Waals surface area contributed by atoms with Crippen LogP contribution in [0.1, 0.15) is 12.5 Å². The first-order valence-corrected chi connectivity index (χ1v) is 4.98. The van der Waals surface area contributed by atoms with Crippen molar-refractivity contribution in [3.63, 3.8) is 0 Å². The SMILES string of the molecule is CC(O)(c1cccc(OC(F)F)c1)C(F)(F)C(=O)O. The summed E-state index contributed by atoms with van der Waals surface area (Å²) in [4.78, 5) is 10.4. The molecule has 0 saturated heterocycles. The first kappa shape index (κ1) is 15.2. The molecule has 0 radical (unpaired) electrons. The van der Waals surface area contributed by atoms with Gasteiger partial charge in [-0.2, -0.15) is 17.6 Å². The van der Waals surface area contributed by atoms with Gasteiger partial charge in [0, 0.05) is 0 Å². The lowest BCUT2D eigenvalue weighted by atomic mass is 9.89. The van der Waals surface area contributed by atoms with E-state index in [1.54, 1.807) is 0 Å². The molecular formula is C11H10F4O4. The lowest BCUT2D eigenvalue weighted by Gasteiger charge is -2.29. The Bertz CT molecular complexity index is 474. The van der Waals surface area contributed by atoms with Gasteiger partial charge in [-0.05, 0) is 24.6 Å². The van der Waals surface area contributed by atoms with Gasteiger partial charge >= 0.3 is 18.5 Å². The van der Waals surface area contributed by atoms with E-state index in [1.807, 2.05) is 0 Å². The van der Waals surface area contributed by atoms with Gasteiger partial charge in [-0.3, -0.25) is 0 Å². The van der Waals surface area contributed by atoms with E-state index in [2.05, 4.69) is 4.74 Å². The zero-order chi connectivity index (χ0) is 14.8. The molecule has 0 amide bonds. The minimum atomic E-state index is -4.49. The smallest absolute Gasteiger partial charge is 0.387 e. The molecule has 0 saturated carbocycles. The van der Waals surface area contributed by atoms with E-state index in [0.717, 1.165) is 24.3 Å². The van der Waals surface area contributed by atoms with Gasteiger partial charge < -0.3 is 14.9 Å². The van der Waals surface area contributed by atoms with Crippen molar-refractivity contribution in [3.05, 3.63) is 29.8 Å². The van der Waals surface area contributed by atoms with Gasteiger partial charge in [0.2, 0.25) is 0 Å². The van der Waals surface area contributed by atoms with E-state index in [1.165, 1.54) is 0 Å². The van der Waals surface area contributed by atoms with Crippen LogP contribution in [0.4, 0.5) is 17.6 Å². The third-order valence-electron chi connectivity index (χ3n) is 2.50. The standard InChI is InChI=1S/C11H10F4O4/c1-10(18,11(14,15)8(16)17)6-3-2-4-7(5-6)19-9(12)13/h2-5,9,18H,1H3,(H,16,17). The fourth-order valence-corrected chi connectivity index (χ4v) is 1.36. The normalized spacial score (nSPS) is 15.1. The lowest BCUT2D eigenvalue weighted by Crippen LogP contribution is -2.48. The molecule has 0 heterocycles. The second kappa shape index (κ2) is 5.04. The van der Waals surface area contributed by atoms with Crippen LogP contribution >= 0.6 is 0 Å². The molecule has 8 heteroatoms. The number of hydrogen-bond acceptors (Lipinski definition) is 3. The summed E-state index contributed by atoms with van der Waals surface area (Å²) in [5.74, 6) is -7.48. The first-order valence-electron chi connectivity index (χ1n) is 4.98. The summed E-state index contributed by atoms with van der Waals surface area (Å²) in [6.45, 7) is -2.59. The number of halogens is 4. The molecule has 0 aliphatic carbocycles. The van der Waals surface area contributed by atoms with E-state index in [9.17, 15) is 27.5 Å². The molecule has 4 nitrogen and oxygen atoms in total. The Labute approximate surface area is 105 Å². The van der Waals surface area contributed by atoms with E-state index >= 15 is 0 Å². The van der Waals surface area contributed by atoms with Crippen LogP contribution < -0.4 is 4.74 Å². The Morgan fingerprint density at radius 1 is 1.37 bits per heavy atom. The van der Waals surface area contributed by atoms with Crippen LogP contribution in [0.3, 0.4) is 0 Å². The van der Waals surface area contributed by atoms with Crippen molar-refractivity contribution >= 4 is 5.97 Å². The first-order chi connectivity index (χ1) is 8.59. The number of hydrogen-bond donors (Lipinski definition) is 2. The summed E-state index contributed by atoms with van der Waals surface area (Å²) in [5.41, 5.74) is -3.63. The summed E-state index contributed by atoms with van der Waals surface area (Å²) >= 11 is 0. The van der Waals surface area contributed by atoms with Gasteiger partial charge in [-0.25, -0.2) is 4.79 Å². The van der Waals surface area contributed by atoms with Gasteiger partial charge in [-0.1, -0.05) is 12.1 Å². The molecule has 0 aliphatic rings. The molecule has 1 aromatic rings. The Morgan fingerprint density at radius 3 is 2.42 bits per heavy atom. The number of carbonyl (C=O) groups is 1. The molecule has 1 atom stereocenters. The Morgan fingerprint density at radius 2 is 1.95 bits per heavy atom. The maximum Gasteiger partial charge on any atom is 0.387 e. The number of alkyl halides is 4. The van der Waals surface area contributed by atoms with Crippen LogP contribution in [0.2, 0.25) is 0 Å². The van der Waals surface area contributed by atoms with Crippen LogP contribution in [0.15, 0.2) is 24.3 Å². The van der Waals surface area contributed by atoms with Crippen LogP contribution in [-0.4, -0.2) is 28.7 Å². The van der Waals surface area contributed by atoms with Gasteiger partial charge in [0.15, 0.2) is 5.60 Å². The van der Waals surface area contributed by atoms with Crippen molar-refractivity contribution in [3.8, 4) is 5.75 Å². The summed E-state index contributed by atoms with van der Waals surface area (Å²) in [5, 5.41) is 18.1. The molecule has 1 aromatic carbocycles. The highest BCUT2D eigenvalue weighted by Crippen LogP contribution is 2.38. The van der Waals surface area contributed by atoms with Crippen molar-refractivity contribution < 1.29 is 37.3 Å². The summed E-state index contributed by atoms with van der Waals surface area (Å²) in [6.07, 6.45) is 0. The molecule has 0 spiro atoms. The number of rotatable bonds is 5. The topological polar surface area (TPSA) is 66.8 Å². The molecule has 106 valence electrons. The summed E-state index contributed by atoms with van der Waals surface area (Å²) in [6, 6.07) is 3.85. The predicted octanol–water partition coefficient (Wildman–Crippen LogP) is 2.22. The highest BCUT2D eigenvalue weighted by Gasteiger charge is 2.57. The van der Waals surface area contributed by atoms with E-state index in [0.29, 0.717) is 6.92 Å². The van der Waals surface area contributed by atoms with Crippen molar-refractivity contribution in [1.29, 1.82) is 0 Å². The minimum Gasteiger partial charge on any atom is -0.477 e. The molecule has 1 rings (SSSR count). The fraction of sp³-hybridized carbons (Fsp3) is 0.364. The quantitative estimate of drug-likeness (QED) is 0.813. The fourth-order valence-electron chi connectivity index (χ4n) is 1.36. The Balaban J connectivity index is 3.18. The Kier molecular flexibility index (Phi) is 4.04. The highest BCUT2D eigenvalue weighted by molar-refractivity contribution is 5.77. The Hall–Kier alpha value is -1.83. The van der Waals surface area contributed by atoms with Crippen molar-refractivity contribution in [2.45, 2.75) is 25.1 Å². The second-order valence-electron chi connectivity index (χ2n) is 3.86. The number of benzene rings is 1. The third kappa shape index (κ3) is 2.95. The number of aliphatic hydroxyl groups is 1. The number of carboxylic acid groups (broad SMARTS) is 1. The van der Waals surface area contributed by atoms with Crippen molar-refractivity contribution in [1.82, 2.24) is 0 Å². The lowest BCUT2D eigenvalue weighted by molar-refractivity contribution is -0.207. The molecule has 2 N–H and O–H groups in total. The van der Waals surface area contributed by atoms with E-state index in [4.69, 9.17) is 5.11 Å². The van der Waals surface area contributed by atoms with Crippen LogP contribution in [0.25, 0.3) is 0 Å². The molecular weight excluding hydrogens is 272 g/mol. The van der Waals surface area contributed by atoms with Crippen LogP contribution in [-0.2, 0) is 10.4 Å². The zero-order valence-corrected chi connectivity index (χ0v) is 9.61. The molecule has 0 aromatic heterocycles. The number of aliphatic carboxylic acids is 1. The average molecular weight is 282 g/mol. The third-order valence-corrected chi connectivity index (χ3v) is 2.50. The maximum atomic E-state index is 13.4. The van der Waals surface area contributed by atoms with E-state index in [-0.39, 0.29) is 0 Å². The van der Waals surface area contributed by atoms with Gasteiger partial charge in [0.25, 0.3) is 0 Å². The zero-order valence-electron chi connectivity index (χ0n) is 9.61. The largest absolute Gasteiger partial charge is 0.477 e. The van der Waals surface area contributed by atoms with Crippen LogP contribution in [0.5, 0.6) is 5.75 Å². The molecule has 0 aliphatic heterocycles. The maximum absolute atomic E-state index is 13.4. The van der Waals surface area contributed by atoms with Crippen molar-refractivity contribution in [2.75, 3.05) is 0 Å². The molecule has 1 unspecified atom stereocenters.